The fraction of sp³-hybridized carbons (Fsp3) is 0.0156. The number of phenolic OH excluding ortho intramolecular Hbond substituents is 1. The number of phenols is 1. The predicted octanol–water partition coefficient (Wildman–Crippen LogP) is 15.3. The smallest absolute Gasteiger partial charge is 0.164 e. The zero-order chi connectivity index (χ0) is 46.5. The standard InChI is InChI=1S/C64H41N5O/c70-61-36-32-49(64-66-62(42-17-5-1-6-18-42)65-63(67-64)43-19-7-2-8-20-43)40-54(61)48-22-14-13-21-44(37-48)47-29-33-53-56-39-46(31-35-59(56)69(60(53)41-47)51-25-11-4-12-26-51)45-30-34-58-55(38-45)52-27-15-16-28-57(52)68(58)50-23-9-3-10-24-50/h1-12,15-21,23-41,70H,13H2. The summed E-state index contributed by atoms with van der Waals surface area (Å²) >= 11 is 0. The molecule has 1 aliphatic rings. The molecule has 0 unspecified atom stereocenters. The molecule has 1 aliphatic carbocycles. The fourth-order valence-electron chi connectivity index (χ4n) is 9.98. The van der Waals surface area contributed by atoms with Gasteiger partial charge in [0.2, 0.25) is 0 Å². The van der Waals surface area contributed by atoms with Gasteiger partial charge in [-0.05, 0) is 107 Å². The Hall–Kier alpha value is -9.57. The first-order valence-corrected chi connectivity index (χ1v) is 23.5. The Kier molecular flexibility index (Phi) is 9.85. The molecule has 328 valence electrons. The van der Waals surface area contributed by atoms with Crippen molar-refractivity contribution in [3.05, 3.63) is 242 Å². The molecular formula is C64H41N5O. The topological polar surface area (TPSA) is 68.8 Å². The summed E-state index contributed by atoms with van der Waals surface area (Å²) in [5.41, 5.74) is 15.0. The van der Waals surface area contributed by atoms with E-state index in [2.05, 4.69) is 173 Å². The first-order valence-electron chi connectivity index (χ1n) is 23.5. The molecule has 12 aromatic rings. The van der Waals surface area contributed by atoms with Crippen molar-refractivity contribution in [2.45, 2.75) is 6.42 Å². The van der Waals surface area contributed by atoms with Crippen molar-refractivity contribution < 1.29 is 5.11 Å². The van der Waals surface area contributed by atoms with E-state index in [4.69, 9.17) is 15.0 Å². The number of nitrogens with zero attached hydrogens (tertiary/aromatic N) is 5. The van der Waals surface area contributed by atoms with Gasteiger partial charge in [-0.3, -0.25) is 0 Å². The number of para-hydroxylation sites is 3. The monoisotopic (exact) mass is 895 g/mol. The van der Waals surface area contributed by atoms with Crippen LogP contribution in [0.2, 0.25) is 0 Å². The third kappa shape index (κ3) is 7.13. The Morgan fingerprint density at radius 1 is 0.386 bits per heavy atom. The van der Waals surface area contributed by atoms with Gasteiger partial charge >= 0.3 is 0 Å². The second-order valence-electron chi connectivity index (χ2n) is 17.5. The van der Waals surface area contributed by atoms with Crippen LogP contribution in [0.5, 0.6) is 5.75 Å². The zero-order valence-electron chi connectivity index (χ0n) is 37.8. The molecule has 1 N–H and O–H groups in total. The minimum absolute atomic E-state index is 0.128. The van der Waals surface area contributed by atoms with Crippen LogP contribution in [0.4, 0.5) is 0 Å². The van der Waals surface area contributed by atoms with Gasteiger partial charge in [-0.25, -0.2) is 15.0 Å². The summed E-state index contributed by atoms with van der Waals surface area (Å²) in [7, 11) is 0. The van der Waals surface area contributed by atoms with E-state index >= 15 is 0 Å². The van der Waals surface area contributed by atoms with Crippen molar-refractivity contribution >= 4 is 54.8 Å². The van der Waals surface area contributed by atoms with Crippen LogP contribution in [0.1, 0.15) is 17.5 Å². The minimum Gasteiger partial charge on any atom is -0.507 e. The molecule has 0 fully saturated rings. The Bertz CT molecular complexity index is 4080. The summed E-state index contributed by atoms with van der Waals surface area (Å²) in [6.45, 7) is 0. The quantitative estimate of drug-likeness (QED) is 0.154. The minimum atomic E-state index is 0.128. The number of hydrogen-bond donors (Lipinski definition) is 1. The highest BCUT2D eigenvalue weighted by molar-refractivity contribution is 6.13. The molecule has 3 heterocycles. The van der Waals surface area contributed by atoms with E-state index in [1.54, 1.807) is 6.07 Å². The van der Waals surface area contributed by atoms with Crippen LogP contribution in [0.15, 0.2) is 231 Å². The largest absolute Gasteiger partial charge is 0.507 e. The Morgan fingerprint density at radius 3 is 1.49 bits per heavy atom. The molecule has 9 aromatic carbocycles. The first-order chi connectivity index (χ1) is 34.6. The molecule has 13 rings (SSSR count). The molecule has 0 saturated carbocycles. The molecular weight excluding hydrogens is 855 g/mol. The fourth-order valence-corrected chi connectivity index (χ4v) is 9.98. The molecule has 6 heteroatoms. The number of allylic oxidation sites excluding steroid dienone is 4. The third-order valence-electron chi connectivity index (χ3n) is 13.3. The van der Waals surface area contributed by atoms with Crippen LogP contribution in [-0.2, 0) is 0 Å². The highest BCUT2D eigenvalue weighted by Gasteiger charge is 2.19. The number of aromatic nitrogens is 5. The van der Waals surface area contributed by atoms with Crippen molar-refractivity contribution in [1.82, 2.24) is 24.1 Å². The number of aromatic hydroxyl groups is 1. The third-order valence-corrected chi connectivity index (χ3v) is 13.3. The number of fused-ring (bicyclic) bond motifs is 6. The normalized spacial score (nSPS) is 12.5. The molecule has 3 aromatic heterocycles. The maximum Gasteiger partial charge on any atom is 0.164 e. The zero-order valence-corrected chi connectivity index (χ0v) is 37.8. The number of rotatable bonds is 8. The second kappa shape index (κ2) is 16.9. The lowest BCUT2D eigenvalue weighted by molar-refractivity contribution is 0.474. The molecule has 0 saturated heterocycles. The molecule has 0 spiro atoms. The average molecular weight is 896 g/mol. The highest BCUT2D eigenvalue weighted by Crippen LogP contribution is 2.40. The lowest BCUT2D eigenvalue weighted by Gasteiger charge is -2.11. The molecule has 0 atom stereocenters. The van der Waals surface area contributed by atoms with E-state index < -0.39 is 0 Å². The van der Waals surface area contributed by atoms with Crippen LogP contribution >= 0.6 is 0 Å². The number of hydrogen-bond acceptors (Lipinski definition) is 4. The van der Waals surface area contributed by atoms with Gasteiger partial charge < -0.3 is 14.2 Å². The second-order valence-corrected chi connectivity index (χ2v) is 17.5. The Labute approximate surface area is 404 Å². The molecule has 0 aliphatic heterocycles. The van der Waals surface area contributed by atoms with Gasteiger partial charge in [-0.2, -0.15) is 0 Å². The summed E-state index contributed by atoms with van der Waals surface area (Å²) < 4.78 is 4.72. The van der Waals surface area contributed by atoms with Gasteiger partial charge in [0.25, 0.3) is 0 Å². The van der Waals surface area contributed by atoms with Crippen LogP contribution in [-0.4, -0.2) is 29.2 Å². The van der Waals surface area contributed by atoms with E-state index in [9.17, 15) is 5.11 Å². The van der Waals surface area contributed by atoms with Crippen molar-refractivity contribution in [2.75, 3.05) is 0 Å². The molecule has 0 amide bonds. The van der Waals surface area contributed by atoms with Crippen LogP contribution in [0, 0.1) is 11.8 Å². The van der Waals surface area contributed by atoms with Crippen molar-refractivity contribution in [3.8, 4) is 74.3 Å². The van der Waals surface area contributed by atoms with Crippen molar-refractivity contribution in [3.63, 3.8) is 0 Å². The van der Waals surface area contributed by atoms with Gasteiger partial charge in [0, 0.05) is 67.2 Å². The summed E-state index contributed by atoms with van der Waals surface area (Å²) in [5, 5.41) is 16.3. The van der Waals surface area contributed by atoms with E-state index in [0.717, 1.165) is 61.2 Å². The highest BCUT2D eigenvalue weighted by atomic mass is 16.3. The summed E-state index contributed by atoms with van der Waals surface area (Å²) in [5.74, 6) is 8.49. The van der Waals surface area contributed by atoms with E-state index in [-0.39, 0.29) is 5.75 Å². The Balaban J connectivity index is 0.906. The SMILES string of the molecule is Oc1ccc(-c2nc(-c3ccccc3)nc(-c3ccccc3)n2)cc1C1=CC(c2ccc3c4cc(-c5ccc6c(c5)c5ccccc5n6-c5ccccc5)ccc4n(-c4ccccc4)c3c2)=CCC#C1. The predicted molar refractivity (Wildman–Crippen MR) is 287 cm³/mol. The van der Waals surface area contributed by atoms with Gasteiger partial charge in [0.15, 0.2) is 17.5 Å². The summed E-state index contributed by atoms with van der Waals surface area (Å²) in [6, 6.07) is 75.7. The van der Waals surface area contributed by atoms with Crippen molar-refractivity contribution in [1.29, 1.82) is 0 Å². The van der Waals surface area contributed by atoms with Crippen molar-refractivity contribution in [2.24, 2.45) is 0 Å². The van der Waals surface area contributed by atoms with E-state index in [1.807, 2.05) is 72.8 Å². The van der Waals surface area contributed by atoms with E-state index in [1.165, 1.54) is 32.8 Å². The summed E-state index contributed by atoms with van der Waals surface area (Å²) in [6.07, 6.45) is 4.82. The lowest BCUT2D eigenvalue weighted by atomic mass is 9.96. The molecule has 6 nitrogen and oxygen atoms in total. The summed E-state index contributed by atoms with van der Waals surface area (Å²) in [4.78, 5) is 14.8. The lowest BCUT2D eigenvalue weighted by Crippen LogP contribution is -2.00. The molecule has 70 heavy (non-hydrogen) atoms. The first kappa shape index (κ1) is 40.7. The van der Waals surface area contributed by atoms with Crippen LogP contribution < -0.4 is 0 Å². The van der Waals surface area contributed by atoms with Crippen LogP contribution in [0.25, 0.3) is 111 Å². The molecule has 0 bridgehead atoms. The average Bonchev–Trinajstić information content (AvgIpc) is 3.81. The van der Waals surface area contributed by atoms with Gasteiger partial charge in [-0.1, -0.05) is 157 Å². The van der Waals surface area contributed by atoms with E-state index in [0.29, 0.717) is 35.0 Å². The van der Waals surface area contributed by atoms with Gasteiger partial charge in [0.05, 0.1) is 22.1 Å². The Morgan fingerprint density at radius 2 is 0.871 bits per heavy atom. The number of benzene rings is 9. The van der Waals surface area contributed by atoms with Crippen LogP contribution in [0.3, 0.4) is 0 Å². The van der Waals surface area contributed by atoms with Gasteiger partial charge in [0.1, 0.15) is 5.75 Å². The van der Waals surface area contributed by atoms with Gasteiger partial charge in [-0.15, -0.1) is 0 Å². The maximum absolute atomic E-state index is 11.5. The maximum atomic E-state index is 11.5. The molecule has 0 radical (unpaired) electrons.